The molecule has 1 aromatic carbocycles. The molecule has 1 aliphatic heterocycles. The van der Waals surface area contributed by atoms with Crippen LogP contribution in [-0.4, -0.2) is 61.6 Å². The number of rotatable bonds is 7. The van der Waals surface area contributed by atoms with Gasteiger partial charge >= 0.3 is 12.1 Å². The van der Waals surface area contributed by atoms with Crippen LogP contribution in [0.2, 0.25) is 0 Å². The van der Waals surface area contributed by atoms with Crippen LogP contribution in [-0.2, 0) is 17.9 Å². The van der Waals surface area contributed by atoms with E-state index in [9.17, 15) is 19.5 Å². The highest BCUT2D eigenvalue weighted by Crippen LogP contribution is 2.28. The molecule has 1 atom stereocenters. The molecule has 4 rings (SSSR count). The number of carbonyl (C=O) groups is 2. The molecule has 0 spiro atoms. The summed E-state index contributed by atoms with van der Waals surface area (Å²) in [7, 11) is 1.53. The van der Waals surface area contributed by atoms with Gasteiger partial charge in [-0.3, -0.25) is 4.79 Å². The number of ether oxygens (including phenoxy) is 2. The van der Waals surface area contributed by atoms with E-state index in [-0.39, 0.29) is 30.9 Å². The van der Waals surface area contributed by atoms with Gasteiger partial charge in [0.2, 0.25) is 11.3 Å². The van der Waals surface area contributed by atoms with Gasteiger partial charge < -0.3 is 33.7 Å². The summed E-state index contributed by atoms with van der Waals surface area (Å²) in [6, 6.07) is 6.82. The predicted molar refractivity (Wildman–Crippen MR) is 116 cm³/mol. The van der Waals surface area contributed by atoms with Gasteiger partial charge in [0.05, 0.1) is 18.7 Å². The Balaban J connectivity index is 1.41. The monoisotopic (exact) mass is 470 g/mol. The van der Waals surface area contributed by atoms with Crippen molar-refractivity contribution in [3.8, 4) is 23.0 Å². The summed E-state index contributed by atoms with van der Waals surface area (Å²) in [5.41, 5.74) is -0.895. The van der Waals surface area contributed by atoms with Gasteiger partial charge in [-0.2, -0.15) is 4.98 Å². The van der Waals surface area contributed by atoms with E-state index < -0.39 is 28.8 Å². The van der Waals surface area contributed by atoms with Gasteiger partial charge in [0.25, 0.3) is 5.89 Å². The molecular weight excluding hydrogens is 448 g/mol. The lowest BCUT2D eigenvalue weighted by Crippen LogP contribution is -2.38. The lowest BCUT2D eigenvalue weighted by atomic mass is 10.2. The molecule has 0 bridgehead atoms. The zero-order valence-corrected chi connectivity index (χ0v) is 18.2. The summed E-state index contributed by atoms with van der Waals surface area (Å²) in [5.74, 6) is -1.13. The fourth-order valence-electron chi connectivity index (χ4n) is 3.83. The first-order chi connectivity index (χ1) is 16.4. The van der Waals surface area contributed by atoms with Crippen LogP contribution in [0.15, 0.2) is 46.0 Å². The van der Waals surface area contributed by atoms with E-state index in [1.165, 1.54) is 16.6 Å². The van der Waals surface area contributed by atoms with Crippen molar-refractivity contribution in [3.63, 3.8) is 0 Å². The molecule has 3 aromatic rings. The second kappa shape index (κ2) is 9.65. The number of aromatic hydroxyl groups is 1. The summed E-state index contributed by atoms with van der Waals surface area (Å²) in [4.78, 5) is 41.5. The van der Waals surface area contributed by atoms with Gasteiger partial charge in [-0.1, -0.05) is 17.3 Å². The first-order valence-electron chi connectivity index (χ1n) is 10.4. The number of carboxylic acids is 1. The van der Waals surface area contributed by atoms with E-state index in [1.807, 2.05) is 6.07 Å². The topological polar surface area (TPSA) is 157 Å². The van der Waals surface area contributed by atoms with Crippen LogP contribution in [0.3, 0.4) is 0 Å². The molecule has 12 nitrogen and oxygen atoms in total. The van der Waals surface area contributed by atoms with Gasteiger partial charge in [0.1, 0.15) is 11.3 Å². The Morgan fingerprint density at radius 2 is 2.06 bits per heavy atom. The first kappa shape index (κ1) is 22.8. The molecule has 2 N–H and O–H groups in total. The van der Waals surface area contributed by atoms with Crippen LogP contribution in [0.25, 0.3) is 11.5 Å². The van der Waals surface area contributed by atoms with Gasteiger partial charge in [0, 0.05) is 25.5 Å². The molecule has 0 aliphatic carbocycles. The molecule has 178 valence electrons. The summed E-state index contributed by atoms with van der Waals surface area (Å²) in [6.45, 7) is 0.423. The number of pyridine rings is 1. The molecule has 2 aromatic heterocycles. The number of likely N-dealkylation sites (tertiary alicyclic amines) is 1. The summed E-state index contributed by atoms with van der Waals surface area (Å²) >= 11 is 0. The van der Waals surface area contributed by atoms with Crippen LogP contribution in [0.4, 0.5) is 4.79 Å². The van der Waals surface area contributed by atoms with Crippen LogP contribution in [0.1, 0.15) is 29.0 Å². The Kier molecular flexibility index (Phi) is 6.48. The summed E-state index contributed by atoms with van der Waals surface area (Å²) in [5, 5.41) is 22.8. The lowest BCUT2D eigenvalue weighted by Gasteiger charge is -2.24. The number of hydrogen-bond acceptors (Lipinski definition) is 9. The normalized spacial score (nSPS) is 15.3. The number of carboxylic acid groups (broad SMARTS) is 1. The van der Waals surface area contributed by atoms with Gasteiger partial charge in [-0.25, -0.2) is 9.59 Å². The van der Waals surface area contributed by atoms with Crippen molar-refractivity contribution in [1.82, 2.24) is 19.6 Å². The average molecular weight is 470 g/mol. The zero-order chi connectivity index (χ0) is 24.2. The van der Waals surface area contributed by atoms with Crippen LogP contribution in [0.5, 0.6) is 11.5 Å². The molecule has 1 aliphatic rings. The third-order valence-corrected chi connectivity index (χ3v) is 5.45. The second-order valence-electron chi connectivity index (χ2n) is 7.65. The lowest BCUT2D eigenvalue weighted by molar-refractivity contribution is 0.0691. The number of amides is 1. The molecule has 0 radical (unpaired) electrons. The van der Waals surface area contributed by atoms with Crippen molar-refractivity contribution in [2.24, 2.45) is 0 Å². The third kappa shape index (κ3) is 4.70. The number of methoxy groups -OCH3 is 1. The Morgan fingerprint density at radius 1 is 1.26 bits per heavy atom. The van der Waals surface area contributed by atoms with Crippen molar-refractivity contribution in [1.29, 1.82) is 0 Å². The molecule has 34 heavy (non-hydrogen) atoms. The van der Waals surface area contributed by atoms with E-state index in [4.69, 9.17) is 19.1 Å². The van der Waals surface area contributed by atoms with Crippen molar-refractivity contribution in [2.75, 3.05) is 13.7 Å². The van der Waals surface area contributed by atoms with E-state index in [0.29, 0.717) is 24.3 Å². The van der Waals surface area contributed by atoms with E-state index >= 15 is 0 Å². The fourth-order valence-corrected chi connectivity index (χ4v) is 3.83. The minimum Gasteiger partial charge on any atom is -0.503 e. The molecule has 0 saturated carbocycles. The predicted octanol–water partition coefficient (Wildman–Crippen LogP) is 2.11. The van der Waals surface area contributed by atoms with Crippen LogP contribution >= 0.6 is 0 Å². The highest BCUT2D eigenvalue weighted by atomic mass is 16.6. The number of hydrogen-bond donors (Lipinski definition) is 2. The molecule has 1 saturated heterocycles. The van der Waals surface area contributed by atoms with E-state index in [1.54, 1.807) is 18.2 Å². The van der Waals surface area contributed by atoms with Crippen molar-refractivity contribution in [3.05, 3.63) is 58.3 Å². The smallest absolute Gasteiger partial charge is 0.410 e. The molecule has 12 heteroatoms. The molecule has 1 amide bonds. The third-order valence-electron chi connectivity index (χ3n) is 5.45. The average Bonchev–Trinajstić information content (AvgIpc) is 3.49. The molecule has 3 heterocycles. The highest BCUT2D eigenvalue weighted by Gasteiger charge is 2.31. The maximum absolute atomic E-state index is 12.7. The Hall–Kier alpha value is -4.35. The van der Waals surface area contributed by atoms with Crippen molar-refractivity contribution in [2.45, 2.75) is 32.0 Å². The molecule has 0 unspecified atom stereocenters. The van der Waals surface area contributed by atoms with Gasteiger partial charge in [-0.05, 0) is 25.0 Å². The highest BCUT2D eigenvalue weighted by molar-refractivity contribution is 5.87. The van der Waals surface area contributed by atoms with Crippen LogP contribution in [0, 0.1) is 0 Å². The number of carbonyl (C=O) groups excluding carboxylic acids is 1. The fraction of sp³-hybridized carbons (Fsp3) is 0.318. The van der Waals surface area contributed by atoms with Crippen molar-refractivity contribution >= 4 is 12.1 Å². The minimum atomic E-state index is -1.44. The molecular formula is C22H22N4O8. The Morgan fingerprint density at radius 3 is 2.82 bits per heavy atom. The van der Waals surface area contributed by atoms with Crippen LogP contribution < -0.4 is 10.2 Å². The first-order valence-corrected chi connectivity index (χ1v) is 10.4. The number of benzene rings is 1. The Labute approximate surface area is 192 Å². The largest absolute Gasteiger partial charge is 0.503 e. The second-order valence-corrected chi connectivity index (χ2v) is 7.65. The molecule has 1 fully saturated rings. The quantitative estimate of drug-likeness (QED) is 0.524. The number of aromatic carboxylic acids is 1. The van der Waals surface area contributed by atoms with Crippen molar-refractivity contribution < 1.29 is 33.8 Å². The van der Waals surface area contributed by atoms with Gasteiger partial charge in [0.15, 0.2) is 12.4 Å². The standard InChI is InChI=1S/C22H22N4O8/c1-32-17-7-3-2-6-14(17)20-23-18(24-34-20)12-33-22(31)26-8-4-5-13(26)9-25-10-15(21(29)30)19(28)16(27)11-25/h2-3,6-7,10-11,13,27H,4-5,8-9,12H2,1H3,(H,29,30)/t13-/m0/s1. The Bertz CT molecular complexity index is 1270. The number of para-hydroxylation sites is 1. The minimum absolute atomic E-state index is 0.182. The number of nitrogens with zero attached hydrogens (tertiary/aromatic N) is 4. The van der Waals surface area contributed by atoms with Gasteiger partial charge in [-0.15, -0.1) is 0 Å². The summed E-state index contributed by atoms with van der Waals surface area (Å²) in [6.07, 6.45) is 3.07. The van der Waals surface area contributed by atoms with E-state index in [2.05, 4.69) is 10.1 Å². The zero-order valence-electron chi connectivity index (χ0n) is 18.2. The maximum Gasteiger partial charge on any atom is 0.410 e. The maximum atomic E-state index is 12.7. The number of aromatic nitrogens is 3. The SMILES string of the molecule is COc1ccccc1-c1nc(COC(=O)N2CCC[C@H]2Cn2cc(O)c(=O)c(C(=O)O)c2)no1. The van der Waals surface area contributed by atoms with E-state index in [0.717, 1.165) is 18.8 Å². The summed E-state index contributed by atoms with van der Waals surface area (Å²) < 4.78 is 17.3.